The van der Waals surface area contributed by atoms with Crippen molar-refractivity contribution >= 4 is 24.0 Å². The predicted molar refractivity (Wildman–Crippen MR) is 66.4 cm³/mol. The van der Waals surface area contributed by atoms with Crippen LogP contribution in [-0.2, 0) is 9.59 Å². The molecule has 0 aromatic carbocycles. The molecule has 0 aromatic rings. The molecule has 0 bridgehead atoms. The number of rotatable bonds is 6. The van der Waals surface area contributed by atoms with Gasteiger partial charge in [0.25, 0.3) is 0 Å². The maximum absolute atomic E-state index is 9.99. The van der Waals surface area contributed by atoms with Crippen LogP contribution in [0.4, 0.5) is 9.59 Å². The van der Waals surface area contributed by atoms with Gasteiger partial charge in [0.05, 0.1) is 0 Å². The average molecular weight is 294 g/mol. The summed E-state index contributed by atoms with van der Waals surface area (Å²) in [5, 5.41) is 20.5. The lowest BCUT2D eigenvalue weighted by Gasteiger charge is -2.04. The van der Waals surface area contributed by atoms with E-state index in [0.29, 0.717) is 0 Å². The Balaban J connectivity index is 0. The largest absolute Gasteiger partial charge is 0.480 e. The Morgan fingerprint density at radius 2 is 1.05 bits per heavy atom. The van der Waals surface area contributed by atoms with Crippen molar-refractivity contribution in [3.05, 3.63) is 0 Å². The van der Waals surface area contributed by atoms with Crippen molar-refractivity contribution in [1.29, 1.82) is 0 Å². The summed E-state index contributed by atoms with van der Waals surface area (Å²) < 4.78 is 0. The third-order valence-electron chi connectivity index (χ3n) is 1.63. The number of carbonyl (C=O) groups excluding carboxylic acids is 2. The van der Waals surface area contributed by atoms with Crippen LogP contribution in [0.15, 0.2) is 0 Å². The summed E-state index contributed by atoms with van der Waals surface area (Å²) in [6.45, 7) is -0.296. The number of nitrogens with two attached hydrogens (primary N) is 4. The van der Waals surface area contributed by atoms with Crippen molar-refractivity contribution in [3.63, 3.8) is 0 Å². The highest BCUT2D eigenvalue weighted by Crippen LogP contribution is 1.74. The zero-order valence-corrected chi connectivity index (χ0v) is 10.4. The van der Waals surface area contributed by atoms with Crippen LogP contribution in [-0.4, -0.2) is 59.4 Å². The number of carbonyl (C=O) groups is 4. The van der Waals surface area contributed by atoms with Gasteiger partial charge in [-0.1, -0.05) is 0 Å². The number of hydrogen-bond donors (Lipinski definition) is 8. The van der Waals surface area contributed by atoms with E-state index in [1.807, 2.05) is 0 Å². The summed E-state index contributed by atoms with van der Waals surface area (Å²) in [6, 6.07) is -3.74. The van der Waals surface area contributed by atoms with Gasteiger partial charge in [-0.3, -0.25) is 9.59 Å². The second kappa shape index (κ2) is 10.3. The molecule has 0 spiro atoms. The highest BCUT2D eigenvalue weighted by Gasteiger charge is 2.11. The highest BCUT2D eigenvalue weighted by molar-refractivity contribution is 5.76. The molecular formula is C8H18N6O6. The molecule has 0 aromatic heterocycles. The van der Waals surface area contributed by atoms with Gasteiger partial charge >= 0.3 is 24.0 Å². The minimum atomic E-state index is -1.17. The fourth-order valence-corrected chi connectivity index (χ4v) is 0.596. The van der Waals surface area contributed by atoms with Crippen molar-refractivity contribution in [2.45, 2.75) is 12.1 Å². The van der Waals surface area contributed by atoms with Gasteiger partial charge in [-0.2, -0.15) is 0 Å². The van der Waals surface area contributed by atoms with E-state index in [4.69, 9.17) is 21.7 Å². The second-order valence-electron chi connectivity index (χ2n) is 3.38. The second-order valence-corrected chi connectivity index (χ2v) is 3.38. The lowest BCUT2D eigenvalue weighted by atomic mass is 10.3. The molecule has 0 radical (unpaired) electrons. The summed E-state index contributed by atoms with van der Waals surface area (Å²) in [4.78, 5) is 40.0. The summed E-state index contributed by atoms with van der Waals surface area (Å²) in [6.07, 6.45) is 0. The van der Waals surface area contributed by atoms with Crippen LogP contribution in [0, 0.1) is 0 Å². The number of hydrogen-bond acceptors (Lipinski definition) is 6. The molecule has 1 unspecified atom stereocenters. The average Bonchev–Trinajstić information content (AvgIpc) is 2.33. The fourth-order valence-electron chi connectivity index (χ4n) is 0.596. The van der Waals surface area contributed by atoms with E-state index < -0.39 is 36.1 Å². The summed E-state index contributed by atoms with van der Waals surface area (Å²) >= 11 is 0. The van der Waals surface area contributed by atoms with Crippen LogP contribution in [0.3, 0.4) is 0 Å². The molecule has 4 amide bonds. The van der Waals surface area contributed by atoms with Gasteiger partial charge < -0.3 is 43.8 Å². The third-order valence-corrected chi connectivity index (χ3v) is 1.63. The van der Waals surface area contributed by atoms with E-state index in [0.717, 1.165) is 0 Å². The number of aliphatic carboxylic acids is 2. The first-order chi connectivity index (χ1) is 9.07. The van der Waals surface area contributed by atoms with Crippen molar-refractivity contribution < 1.29 is 29.4 Å². The van der Waals surface area contributed by atoms with Crippen LogP contribution < -0.4 is 33.6 Å². The normalized spacial score (nSPS) is 12.1. The number of carboxylic acid groups (broad SMARTS) is 2. The molecule has 0 rings (SSSR count). The van der Waals surface area contributed by atoms with Gasteiger partial charge in [0.15, 0.2) is 0 Å². The first-order valence-corrected chi connectivity index (χ1v) is 5.11. The van der Waals surface area contributed by atoms with Gasteiger partial charge in [-0.15, -0.1) is 0 Å². The smallest absolute Gasteiger partial charge is 0.322 e. The molecule has 0 saturated heterocycles. The third kappa shape index (κ3) is 13.5. The van der Waals surface area contributed by atoms with Crippen molar-refractivity contribution in [3.8, 4) is 0 Å². The van der Waals surface area contributed by atoms with Gasteiger partial charge in [0.1, 0.15) is 12.1 Å². The Bertz CT molecular complexity index is 327. The Hall–Kier alpha value is -2.60. The monoisotopic (exact) mass is 294 g/mol. The van der Waals surface area contributed by atoms with Crippen LogP contribution in [0.5, 0.6) is 0 Å². The van der Waals surface area contributed by atoms with Crippen molar-refractivity contribution in [1.82, 2.24) is 10.6 Å². The Morgan fingerprint density at radius 3 is 1.20 bits per heavy atom. The molecule has 20 heavy (non-hydrogen) atoms. The minimum Gasteiger partial charge on any atom is -0.480 e. The molecule has 0 saturated carbocycles. The topological polar surface area (TPSA) is 237 Å². The lowest BCUT2D eigenvalue weighted by Crippen LogP contribution is -2.44. The molecule has 12 heteroatoms. The number of nitrogens with one attached hydrogen (secondary N) is 2. The summed E-state index contributed by atoms with van der Waals surface area (Å²) in [7, 11) is 0. The molecule has 12 N–H and O–H groups in total. The van der Waals surface area contributed by atoms with E-state index in [2.05, 4.69) is 22.1 Å². The van der Waals surface area contributed by atoms with Crippen molar-refractivity contribution in [2.75, 3.05) is 13.1 Å². The van der Waals surface area contributed by atoms with E-state index in [1.54, 1.807) is 0 Å². The van der Waals surface area contributed by atoms with Crippen LogP contribution in [0.2, 0.25) is 0 Å². The molecular weight excluding hydrogens is 276 g/mol. The molecule has 12 nitrogen and oxygen atoms in total. The van der Waals surface area contributed by atoms with Gasteiger partial charge in [0.2, 0.25) is 0 Å². The zero-order valence-electron chi connectivity index (χ0n) is 10.4. The van der Waals surface area contributed by atoms with E-state index >= 15 is 0 Å². The summed E-state index contributed by atoms with van der Waals surface area (Å²) in [5.41, 5.74) is 19.3. The van der Waals surface area contributed by atoms with Crippen LogP contribution >= 0.6 is 0 Å². The number of carboxylic acids is 2. The molecule has 0 fully saturated rings. The van der Waals surface area contributed by atoms with Gasteiger partial charge in [-0.05, 0) is 0 Å². The molecule has 0 aliphatic rings. The van der Waals surface area contributed by atoms with Gasteiger partial charge in [-0.25, -0.2) is 9.59 Å². The minimum absolute atomic E-state index is 0.148. The first-order valence-electron chi connectivity index (χ1n) is 5.11. The van der Waals surface area contributed by atoms with E-state index in [1.165, 1.54) is 0 Å². The van der Waals surface area contributed by atoms with Crippen LogP contribution in [0.1, 0.15) is 0 Å². The van der Waals surface area contributed by atoms with E-state index in [9.17, 15) is 19.2 Å². The molecule has 0 aliphatic carbocycles. The quantitative estimate of drug-likeness (QED) is 0.240. The standard InChI is InChI=1S/2C4H9N3O3/c2*5-2(3(8)9)1-7-4(6)10/h2*2H,1,5H2,(H,8,9)(H3,6,7,10)/t2-;/m0./s1. The molecule has 0 heterocycles. The summed E-state index contributed by atoms with van der Waals surface area (Å²) in [5.74, 6) is -2.34. The molecule has 0 aliphatic heterocycles. The van der Waals surface area contributed by atoms with Crippen LogP contribution in [0.25, 0.3) is 0 Å². The Labute approximate surface area is 113 Å². The predicted octanol–water partition coefficient (Wildman–Crippen LogP) is -3.87. The number of primary amides is 2. The number of amides is 4. The maximum Gasteiger partial charge on any atom is 0.322 e. The lowest BCUT2D eigenvalue weighted by molar-refractivity contribution is -0.139. The molecule has 116 valence electrons. The van der Waals surface area contributed by atoms with E-state index in [-0.39, 0.29) is 13.1 Å². The Kier molecular flexibility index (Phi) is 10.2. The Morgan fingerprint density at radius 1 is 0.800 bits per heavy atom. The zero-order chi connectivity index (χ0) is 16.3. The number of urea groups is 2. The van der Waals surface area contributed by atoms with Crippen molar-refractivity contribution in [2.24, 2.45) is 22.9 Å². The molecule has 2 atom stereocenters. The van der Waals surface area contributed by atoms with Gasteiger partial charge in [0, 0.05) is 13.1 Å². The first kappa shape index (κ1) is 19.7. The SMILES string of the molecule is NC(=O)NCC(N)C(=O)O.NC(=O)NC[C@H](N)C(=O)O. The fraction of sp³-hybridized carbons (Fsp3) is 0.500. The maximum atomic E-state index is 9.99. The highest BCUT2D eigenvalue weighted by atomic mass is 16.4.